The molecule has 1 aliphatic heterocycles. The third-order valence-electron chi connectivity index (χ3n) is 5.50. The van der Waals surface area contributed by atoms with Crippen LogP contribution in [-0.2, 0) is 9.59 Å². The second-order valence-corrected chi connectivity index (χ2v) is 7.81. The van der Waals surface area contributed by atoms with Gasteiger partial charge in [-0.25, -0.2) is 9.29 Å². The van der Waals surface area contributed by atoms with E-state index in [9.17, 15) is 14.0 Å². The van der Waals surface area contributed by atoms with Crippen molar-refractivity contribution in [2.45, 2.75) is 0 Å². The van der Waals surface area contributed by atoms with Crippen molar-refractivity contribution < 1.29 is 23.5 Å². The zero-order valence-electron chi connectivity index (χ0n) is 19.3. The number of halogens is 1. The van der Waals surface area contributed by atoms with E-state index in [-0.39, 0.29) is 17.0 Å². The Kier molecular flexibility index (Phi) is 6.23. The Morgan fingerprint density at radius 2 is 1.53 bits per heavy atom. The number of carbonyl (C=O) groups excluding carboxylic acids is 2. The van der Waals surface area contributed by atoms with Crippen molar-refractivity contribution in [2.75, 3.05) is 43.4 Å². The molecule has 0 unspecified atom stereocenters. The normalized spacial score (nSPS) is 13.4. The third kappa shape index (κ3) is 4.17. The first-order valence-electron chi connectivity index (χ1n) is 10.5. The first-order chi connectivity index (χ1) is 16.3. The molecule has 0 radical (unpaired) electrons. The molecule has 7 nitrogen and oxygen atoms in total. The van der Waals surface area contributed by atoms with Crippen LogP contribution in [0.3, 0.4) is 0 Å². The Labute approximate surface area is 197 Å². The minimum Gasteiger partial charge on any atom is -0.497 e. The highest BCUT2D eigenvalue weighted by Crippen LogP contribution is 2.39. The van der Waals surface area contributed by atoms with E-state index >= 15 is 0 Å². The smallest absolute Gasteiger partial charge is 0.282 e. The van der Waals surface area contributed by atoms with E-state index in [0.717, 1.165) is 10.6 Å². The largest absolute Gasteiger partial charge is 0.497 e. The fraction of sp³-hybridized carbons (Fsp3) is 0.154. The van der Waals surface area contributed by atoms with Crippen LogP contribution in [0.1, 0.15) is 5.56 Å². The summed E-state index contributed by atoms with van der Waals surface area (Å²) in [5.41, 5.74) is 2.48. The molecule has 0 spiro atoms. The highest BCUT2D eigenvalue weighted by Gasteiger charge is 2.41. The number of hydrogen-bond acceptors (Lipinski definition) is 6. The van der Waals surface area contributed by atoms with Gasteiger partial charge in [0.15, 0.2) is 0 Å². The standard InChI is InChI=1S/C26H24FN3O4/c1-29(2)19-11-9-18(10-12-19)28-24-23(16-5-7-17(27)8-6-16)25(31)30(26(24)32)21-15-20(33-3)13-14-22(21)34-4/h5-15,28H,1-4H3. The lowest BCUT2D eigenvalue weighted by molar-refractivity contribution is -0.120. The summed E-state index contributed by atoms with van der Waals surface area (Å²) in [6, 6.07) is 17.7. The molecule has 0 aromatic heterocycles. The van der Waals surface area contributed by atoms with Crippen LogP contribution in [-0.4, -0.2) is 40.1 Å². The Bertz CT molecular complexity index is 1270. The molecule has 174 valence electrons. The summed E-state index contributed by atoms with van der Waals surface area (Å²) in [7, 11) is 6.80. The second kappa shape index (κ2) is 9.27. The van der Waals surface area contributed by atoms with E-state index in [0.29, 0.717) is 22.7 Å². The molecular weight excluding hydrogens is 437 g/mol. The van der Waals surface area contributed by atoms with Crippen molar-refractivity contribution in [3.05, 3.63) is 83.8 Å². The number of amides is 2. The van der Waals surface area contributed by atoms with Crippen LogP contribution in [0.2, 0.25) is 0 Å². The number of methoxy groups -OCH3 is 2. The van der Waals surface area contributed by atoms with Gasteiger partial charge in [0.1, 0.15) is 23.0 Å². The lowest BCUT2D eigenvalue weighted by Gasteiger charge is -2.19. The molecule has 0 bridgehead atoms. The van der Waals surface area contributed by atoms with Crippen LogP contribution in [0.15, 0.2) is 72.4 Å². The number of carbonyl (C=O) groups is 2. The number of nitrogens with zero attached hydrogens (tertiary/aromatic N) is 2. The van der Waals surface area contributed by atoms with E-state index in [4.69, 9.17) is 9.47 Å². The number of rotatable bonds is 7. The molecule has 1 aliphatic rings. The summed E-state index contributed by atoms with van der Waals surface area (Å²) in [6.07, 6.45) is 0. The predicted molar refractivity (Wildman–Crippen MR) is 130 cm³/mol. The van der Waals surface area contributed by atoms with E-state index in [1.54, 1.807) is 18.2 Å². The van der Waals surface area contributed by atoms with Crippen LogP contribution in [0.4, 0.5) is 21.5 Å². The lowest BCUT2D eigenvalue weighted by Crippen LogP contribution is -2.32. The average molecular weight is 461 g/mol. The number of ether oxygens (including phenoxy) is 2. The van der Waals surface area contributed by atoms with Crippen LogP contribution >= 0.6 is 0 Å². The van der Waals surface area contributed by atoms with Gasteiger partial charge in [0.25, 0.3) is 11.8 Å². The summed E-state index contributed by atoms with van der Waals surface area (Å²) in [6.45, 7) is 0. The van der Waals surface area contributed by atoms with Gasteiger partial charge in [-0.2, -0.15) is 0 Å². The first kappa shape index (κ1) is 22.8. The van der Waals surface area contributed by atoms with Crippen molar-refractivity contribution in [3.63, 3.8) is 0 Å². The molecule has 0 aliphatic carbocycles. The van der Waals surface area contributed by atoms with Gasteiger partial charge in [0.2, 0.25) is 0 Å². The van der Waals surface area contributed by atoms with Gasteiger partial charge in [-0.15, -0.1) is 0 Å². The van der Waals surface area contributed by atoms with Crippen LogP contribution in [0.25, 0.3) is 5.57 Å². The zero-order chi connectivity index (χ0) is 24.4. The average Bonchev–Trinajstić information content (AvgIpc) is 3.08. The predicted octanol–water partition coefficient (Wildman–Crippen LogP) is 4.31. The summed E-state index contributed by atoms with van der Waals surface area (Å²) < 4.78 is 24.3. The van der Waals surface area contributed by atoms with Crippen molar-refractivity contribution in [3.8, 4) is 11.5 Å². The maximum absolute atomic E-state index is 13.6. The molecule has 0 saturated carbocycles. The minimum absolute atomic E-state index is 0.0825. The Balaban J connectivity index is 1.82. The van der Waals surface area contributed by atoms with Crippen LogP contribution in [0.5, 0.6) is 11.5 Å². The molecule has 4 rings (SSSR count). The molecule has 0 fully saturated rings. The Hall–Kier alpha value is -4.33. The van der Waals surface area contributed by atoms with Crippen molar-refractivity contribution in [1.82, 2.24) is 0 Å². The summed E-state index contributed by atoms with van der Waals surface area (Å²) in [5.74, 6) is -0.776. The number of imide groups is 1. The molecule has 1 heterocycles. The molecule has 34 heavy (non-hydrogen) atoms. The Morgan fingerprint density at radius 3 is 2.12 bits per heavy atom. The van der Waals surface area contributed by atoms with E-state index in [1.165, 1.54) is 38.5 Å². The fourth-order valence-electron chi connectivity index (χ4n) is 3.71. The minimum atomic E-state index is -0.562. The van der Waals surface area contributed by atoms with E-state index < -0.39 is 17.6 Å². The van der Waals surface area contributed by atoms with Gasteiger partial charge < -0.3 is 19.7 Å². The summed E-state index contributed by atoms with van der Waals surface area (Å²) >= 11 is 0. The molecule has 0 saturated heterocycles. The van der Waals surface area contributed by atoms with Gasteiger partial charge in [0.05, 0.1) is 25.5 Å². The number of benzene rings is 3. The van der Waals surface area contributed by atoms with Gasteiger partial charge >= 0.3 is 0 Å². The summed E-state index contributed by atoms with van der Waals surface area (Å²) in [4.78, 5) is 30.2. The molecule has 3 aromatic rings. The van der Waals surface area contributed by atoms with Gasteiger partial charge in [-0.1, -0.05) is 12.1 Å². The first-order valence-corrected chi connectivity index (χ1v) is 10.5. The molecule has 2 amide bonds. The topological polar surface area (TPSA) is 71.1 Å². The second-order valence-electron chi connectivity index (χ2n) is 7.81. The summed E-state index contributed by atoms with van der Waals surface area (Å²) in [5, 5.41) is 3.10. The lowest BCUT2D eigenvalue weighted by atomic mass is 10.0. The molecular formula is C26H24FN3O4. The van der Waals surface area contributed by atoms with Crippen molar-refractivity contribution in [1.29, 1.82) is 0 Å². The molecule has 3 aromatic carbocycles. The Morgan fingerprint density at radius 1 is 0.853 bits per heavy atom. The zero-order valence-corrected chi connectivity index (χ0v) is 19.3. The van der Waals surface area contributed by atoms with Gasteiger partial charge in [-0.3, -0.25) is 9.59 Å². The third-order valence-corrected chi connectivity index (χ3v) is 5.50. The maximum atomic E-state index is 13.6. The number of anilines is 3. The van der Waals surface area contributed by atoms with Crippen LogP contribution in [0, 0.1) is 5.82 Å². The highest BCUT2D eigenvalue weighted by atomic mass is 19.1. The number of nitrogens with one attached hydrogen (secondary N) is 1. The molecule has 8 heteroatoms. The quantitative estimate of drug-likeness (QED) is 0.529. The molecule has 1 N–H and O–H groups in total. The van der Waals surface area contributed by atoms with E-state index in [1.807, 2.05) is 43.3 Å². The fourth-order valence-corrected chi connectivity index (χ4v) is 3.71. The van der Waals surface area contributed by atoms with Gasteiger partial charge in [0, 0.05) is 31.5 Å². The monoisotopic (exact) mass is 461 g/mol. The SMILES string of the molecule is COc1ccc(OC)c(N2C(=O)C(Nc3ccc(N(C)C)cc3)=C(c3ccc(F)cc3)C2=O)c1. The van der Waals surface area contributed by atoms with Gasteiger partial charge in [-0.05, 0) is 54.1 Å². The number of hydrogen-bond donors (Lipinski definition) is 1. The highest BCUT2D eigenvalue weighted by molar-refractivity contribution is 6.46. The molecule has 0 atom stereocenters. The van der Waals surface area contributed by atoms with Crippen LogP contribution < -0.4 is 24.6 Å². The van der Waals surface area contributed by atoms with Crippen molar-refractivity contribution >= 4 is 34.4 Å². The van der Waals surface area contributed by atoms with E-state index in [2.05, 4.69) is 5.32 Å². The van der Waals surface area contributed by atoms with Crippen molar-refractivity contribution in [2.24, 2.45) is 0 Å². The maximum Gasteiger partial charge on any atom is 0.282 e.